The molecule has 23 heavy (non-hydrogen) atoms. The smallest absolute Gasteiger partial charge is 0.307 e. The Morgan fingerprint density at radius 1 is 1.35 bits per heavy atom. The summed E-state index contributed by atoms with van der Waals surface area (Å²) in [5, 5.41) is 12.2. The van der Waals surface area contributed by atoms with Gasteiger partial charge in [0.1, 0.15) is 0 Å². The van der Waals surface area contributed by atoms with E-state index < -0.39 is 5.97 Å². The van der Waals surface area contributed by atoms with E-state index in [1.165, 1.54) is 0 Å². The molecule has 1 fully saturated rings. The molecule has 1 amide bonds. The fourth-order valence-corrected chi connectivity index (χ4v) is 3.36. The molecular formula is C17H23BrN2O3. The molecule has 0 spiro atoms. The number of nitrogens with zero attached hydrogens (tertiary/aromatic N) is 1. The molecule has 1 aromatic rings. The van der Waals surface area contributed by atoms with Crippen molar-refractivity contribution in [1.29, 1.82) is 0 Å². The molecule has 2 N–H and O–H groups in total. The van der Waals surface area contributed by atoms with Crippen molar-refractivity contribution in [2.24, 2.45) is 11.8 Å². The van der Waals surface area contributed by atoms with Crippen LogP contribution < -0.4 is 5.32 Å². The zero-order valence-corrected chi connectivity index (χ0v) is 15.0. The highest BCUT2D eigenvalue weighted by atomic mass is 79.9. The number of benzene rings is 1. The molecule has 5 nitrogen and oxygen atoms in total. The van der Waals surface area contributed by atoms with Gasteiger partial charge in [0.2, 0.25) is 5.91 Å². The molecule has 0 radical (unpaired) electrons. The second kappa shape index (κ2) is 7.93. The number of carboxylic acids is 1. The first kappa shape index (κ1) is 17.9. The highest BCUT2D eigenvalue weighted by molar-refractivity contribution is 9.10. The van der Waals surface area contributed by atoms with E-state index >= 15 is 0 Å². The summed E-state index contributed by atoms with van der Waals surface area (Å²) in [6.45, 7) is 5.43. The molecule has 0 bridgehead atoms. The minimum Gasteiger partial charge on any atom is -0.481 e. The fraction of sp³-hybridized carbons (Fsp3) is 0.529. The third-order valence-corrected chi connectivity index (χ3v) is 4.73. The Labute approximate surface area is 145 Å². The molecule has 6 heteroatoms. The summed E-state index contributed by atoms with van der Waals surface area (Å²) < 4.78 is 1.00. The largest absolute Gasteiger partial charge is 0.481 e. The molecule has 1 aromatic carbocycles. The van der Waals surface area contributed by atoms with Gasteiger partial charge in [-0.3, -0.25) is 14.5 Å². The van der Waals surface area contributed by atoms with Crippen LogP contribution in [-0.4, -0.2) is 41.5 Å². The Morgan fingerprint density at radius 2 is 2.00 bits per heavy atom. The van der Waals surface area contributed by atoms with Crippen molar-refractivity contribution in [1.82, 2.24) is 10.2 Å². The Kier molecular flexibility index (Phi) is 6.18. The molecule has 1 saturated heterocycles. The van der Waals surface area contributed by atoms with E-state index in [0.717, 1.165) is 16.6 Å². The van der Waals surface area contributed by atoms with E-state index in [9.17, 15) is 14.7 Å². The predicted molar refractivity (Wildman–Crippen MR) is 92.0 cm³/mol. The zero-order chi connectivity index (χ0) is 17.0. The Hall–Kier alpha value is -1.40. The van der Waals surface area contributed by atoms with Gasteiger partial charge in [-0.25, -0.2) is 0 Å². The number of carbonyl (C=O) groups is 2. The highest BCUT2D eigenvalue weighted by Gasteiger charge is 2.30. The lowest BCUT2D eigenvalue weighted by molar-refractivity contribution is -0.145. The first-order chi connectivity index (χ1) is 10.8. The molecular weight excluding hydrogens is 360 g/mol. The van der Waals surface area contributed by atoms with Gasteiger partial charge in [0, 0.05) is 17.6 Å². The Bertz CT molecular complexity index is 561. The van der Waals surface area contributed by atoms with E-state index in [0.29, 0.717) is 18.9 Å². The van der Waals surface area contributed by atoms with E-state index in [2.05, 4.69) is 21.2 Å². The number of nitrogens with one attached hydrogen (secondary N) is 1. The first-order valence-electron chi connectivity index (χ1n) is 7.85. The zero-order valence-electron chi connectivity index (χ0n) is 13.5. The molecule has 2 rings (SSSR count). The van der Waals surface area contributed by atoms with Gasteiger partial charge < -0.3 is 10.4 Å². The average molecular weight is 383 g/mol. The molecule has 1 heterocycles. The van der Waals surface area contributed by atoms with Crippen LogP contribution in [-0.2, 0) is 9.59 Å². The van der Waals surface area contributed by atoms with Crippen LogP contribution >= 0.6 is 15.9 Å². The topological polar surface area (TPSA) is 69.6 Å². The lowest BCUT2D eigenvalue weighted by atomic mass is 9.90. The van der Waals surface area contributed by atoms with Crippen molar-refractivity contribution in [2.75, 3.05) is 19.6 Å². The highest BCUT2D eigenvalue weighted by Crippen LogP contribution is 2.22. The fourth-order valence-electron chi connectivity index (χ4n) is 3.09. The summed E-state index contributed by atoms with van der Waals surface area (Å²) in [5.41, 5.74) is 1.04. The third kappa shape index (κ3) is 5.32. The number of rotatable bonds is 5. The molecule has 1 aliphatic rings. The monoisotopic (exact) mass is 382 g/mol. The van der Waals surface area contributed by atoms with Crippen LogP contribution in [0.2, 0.25) is 0 Å². The van der Waals surface area contributed by atoms with Gasteiger partial charge in [-0.15, -0.1) is 0 Å². The van der Waals surface area contributed by atoms with Crippen molar-refractivity contribution in [3.05, 3.63) is 34.3 Å². The number of amides is 1. The SMILES string of the molecule is CC1CC(C(=O)O)CN(CC(=O)NC(C)c2ccc(Br)cc2)C1. The minimum absolute atomic E-state index is 0.0707. The molecule has 1 aliphatic heterocycles. The van der Waals surface area contributed by atoms with Crippen LogP contribution in [0.25, 0.3) is 0 Å². The number of halogens is 1. The van der Waals surface area contributed by atoms with Crippen LogP contribution in [0.3, 0.4) is 0 Å². The van der Waals surface area contributed by atoms with E-state index in [-0.39, 0.29) is 24.4 Å². The van der Waals surface area contributed by atoms with Crippen molar-refractivity contribution in [3.63, 3.8) is 0 Å². The van der Waals surface area contributed by atoms with Crippen LogP contribution in [0.15, 0.2) is 28.7 Å². The summed E-state index contributed by atoms with van der Waals surface area (Å²) in [6, 6.07) is 7.76. The minimum atomic E-state index is -0.773. The standard InChI is InChI=1S/C17H23BrN2O3/c1-11-7-14(17(22)23)9-20(8-11)10-16(21)19-12(2)13-3-5-15(18)6-4-13/h3-6,11-12,14H,7-10H2,1-2H3,(H,19,21)(H,22,23). The number of hydrogen-bond acceptors (Lipinski definition) is 3. The lowest BCUT2D eigenvalue weighted by Gasteiger charge is -2.34. The van der Waals surface area contributed by atoms with Crippen molar-refractivity contribution in [2.45, 2.75) is 26.3 Å². The normalized spacial score (nSPS) is 23.3. The van der Waals surface area contributed by atoms with Crippen LogP contribution in [0.1, 0.15) is 31.9 Å². The van der Waals surface area contributed by atoms with E-state index in [1.54, 1.807) is 0 Å². The number of hydrogen-bond donors (Lipinski definition) is 2. The van der Waals surface area contributed by atoms with Crippen LogP contribution in [0.4, 0.5) is 0 Å². The molecule has 0 aromatic heterocycles. The second-order valence-electron chi connectivity index (χ2n) is 6.41. The van der Waals surface area contributed by atoms with Crippen molar-refractivity contribution >= 4 is 27.8 Å². The van der Waals surface area contributed by atoms with Gasteiger partial charge in [-0.1, -0.05) is 35.0 Å². The Balaban J connectivity index is 1.88. The number of likely N-dealkylation sites (tertiary alicyclic amines) is 1. The maximum atomic E-state index is 12.2. The summed E-state index contributed by atoms with van der Waals surface area (Å²) >= 11 is 3.39. The van der Waals surface area contributed by atoms with Gasteiger partial charge >= 0.3 is 5.97 Å². The quantitative estimate of drug-likeness (QED) is 0.820. The van der Waals surface area contributed by atoms with Crippen molar-refractivity contribution < 1.29 is 14.7 Å². The first-order valence-corrected chi connectivity index (χ1v) is 8.64. The van der Waals surface area contributed by atoms with Crippen LogP contribution in [0.5, 0.6) is 0 Å². The number of carbonyl (C=O) groups excluding carboxylic acids is 1. The molecule has 0 saturated carbocycles. The second-order valence-corrected chi connectivity index (χ2v) is 7.33. The average Bonchev–Trinajstić information content (AvgIpc) is 2.46. The third-order valence-electron chi connectivity index (χ3n) is 4.20. The number of aliphatic carboxylic acids is 1. The predicted octanol–water partition coefficient (Wildman–Crippen LogP) is 2.67. The summed E-state index contributed by atoms with van der Waals surface area (Å²) in [4.78, 5) is 25.4. The number of carboxylic acid groups (broad SMARTS) is 1. The van der Waals surface area contributed by atoms with Gasteiger partial charge in [0.15, 0.2) is 0 Å². The number of piperidine rings is 1. The maximum Gasteiger partial charge on any atom is 0.307 e. The summed E-state index contributed by atoms with van der Waals surface area (Å²) in [7, 11) is 0. The molecule has 126 valence electrons. The van der Waals surface area contributed by atoms with Gasteiger partial charge in [0.05, 0.1) is 18.5 Å². The van der Waals surface area contributed by atoms with Gasteiger partial charge in [0.25, 0.3) is 0 Å². The summed E-state index contributed by atoms with van der Waals surface area (Å²) in [6.07, 6.45) is 0.683. The Morgan fingerprint density at radius 3 is 2.61 bits per heavy atom. The molecule has 0 aliphatic carbocycles. The maximum absolute atomic E-state index is 12.2. The van der Waals surface area contributed by atoms with Crippen molar-refractivity contribution in [3.8, 4) is 0 Å². The van der Waals surface area contributed by atoms with E-state index in [1.807, 2.05) is 43.0 Å². The molecule has 3 unspecified atom stereocenters. The van der Waals surface area contributed by atoms with Gasteiger partial charge in [-0.05, 0) is 37.0 Å². The van der Waals surface area contributed by atoms with E-state index in [4.69, 9.17) is 0 Å². The van der Waals surface area contributed by atoms with Crippen LogP contribution in [0, 0.1) is 11.8 Å². The summed E-state index contributed by atoms with van der Waals surface area (Å²) in [5.74, 6) is -0.930. The molecule has 3 atom stereocenters. The van der Waals surface area contributed by atoms with Gasteiger partial charge in [-0.2, -0.15) is 0 Å². The lowest BCUT2D eigenvalue weighted by Crippen LogP contribution is -2.47.